The van der Waals surface area contributed by atoms with Crippen molar-refractivity contribution in [3.63, 3.8) is 0 Å². The van der Waals surface area contributed by atoms with Crippen LogP contribution in [0.4, 0.5) is 0 Å². The number of nitrogens with zero attached hydrogens (tertiary/aromatic N) is 2. The summed E-state index contributed by atoms with van der Waals surface area (Å²) in [5.74, 6) is 0. The van der Waals surface area contributed by atoms with Crippen LogP contribution >= 0.6 is 0 Å². The van der Waals surface area contributed by atoms with E-state index in [4.69, 9.17) is 5.26 Å². The summed E-state index contributed by atoms with van der Waals surface area (Å²) in [5.41, 5.74) is 5.78. The van der Waals surface area contributed by atoms with Gasteiger partial charge < -0.3 is 4.57 Å². The first-order chi connectivity index (χ1) is 9.65. The number of hydrogen-bond acceptors (Lipinski definition) is 1. The highest BCUT2D eigenvalue weighted by Gasteiger charge is 2.04. The van der Waals surface area contributed by atoms with Crippen molar-refractivity contribution in [3.05, 3.63) is 70.9 Å². The lowest BCUT2D eigenvalue weighted by molar-refractivity contribution is 0.834. The van der Waals surface area contributed by atoms with E-state index in [0.717, 1.165) is 11.9 Å². The number of rotatable bonds is 2. The normalized spacial score (nSPS) is 10.7. The molecule has 0 aliphatic carbocycles. The van der Waals surface area contributed by atoms with Gasteiger partial charge in [-0.3, -0.25) is 0 Å². The summed E-state index contributed by atoms with van der Waals surface area (Å²) < 4.78 is 2.23. The van der Waals surface area contributed by atoms with Crippen molar-refractivity contribution in [2.75, 3.05) is 0 Å². The Labute approximate surface area is 118 Å². The van der Waals surface area contributed by atoms with Gasteiger partial charge in [0.15, 0.2) is 0 Å². The van der Waals surface area contributed by atoms with Gasteiger partial charge in [0.25, 0.3) is 0 Å². The zero-order valence-corrected chi connectivity index (χ0v) is 11.7. The summed E-state index contributed by atoms with van der Waals surface area (Å²) >= 11 is 0. The van der Waals surface area contributed by atoms with Crippen LogP contribution in [0.3, 0.4) is 0 Å². The molecular formula is C18H16N2. The van der Waals surface area contributed by atoms with Crippen molar-refractivity contribution in [3.8, 4) is 6.07 Å². The largest absolute Gasteiger partial charge is 0.343 e. The highest BCUT2D eigenvalue weighted by atomic mass is 14.9. The Morgan fingerprint density at radius 3 is 2.45 bits per heavy atom. The van der Waals surface area contributed by atoms with E-state index in [9.17, 15) is 0 Å². The molecular weight excluding hydrogens is 244 g/mol. The number of fused-ring (bicyclic) bond motifs is 1. The monoisotopic (exact) mass is 260 g/mol. The van der Waals surface area contributed by atoms with E-state index in [0.29, 0.717) is 5.56 Å². The first-order valence-corrected chi connectivity index (χ1v) is 6.72. The smallest absolute Gasteiger partial charge is 0.0991 e. The second kappa shape index (κ2) is 4.86. The summed E-state index contributed by atoms with van der Waals surface area (Å²) in [7, 11) is 0. The van der Waals surface area contributed by atoms with E-state index in [1.807, 2.05) is 18.2 Å². The average molecular weight is 260 g/mol. The van der Waals surface area contributed by atoms with Gasteiger partial charge in [0.2, 0.25) is 0 Å². The molecule has 0 saturated heterocycles. The summed E-state index contributed by atoms with van der Waals surface area (Å²) in [6.45, 7) is 5.12. The molecule has 98 valence electrons. The molecule has 0 radical (unpaired) electrons. The Bertz CT molecular complexity index is 799. The van der Waals surface area contributed by atoms with Gasteiger partial charge in [-0.05, 0) is 43.7 Å². The van der Waals surface area contributed by atoms with Gasteiger partial charge in [-0.25, -0.2) is 0 Å². The summed E-state index contributed by atoms with van der Waals surface area (Å²) in [6, 6.07) is 16.7. The molecule has 1 heterocycles. The van der Waals surface area contributed by atoms with Crippen molar-refractivity contribution in [1.82, 2.24) is 4.57 Å². The quantitative estimate of drug-likeness (QED) is 0.679. The zero-order chi connectivity index (χ0) is 14.1. The maximum Gasteiger partial charge on any atom is 0.0991 e. The standard InChI is InChI=1S/C18H16N2/c1-13-7-14(2)9-16(8-13)12-20-6-5-17-10-15(11-19)3-4-18(17)20/h3-10H,12H2,1-2H3. The minimum absolute atomic E-state index is 0.710. The van der Waals surface area contributed by atoms with Crippen LogP contribution in [0.1, 0.15) is 22.3 Å². The topological polar surface area (TPSA) is 28.7 Å². The van der Waals surface area contributed by atoms with E-state index in [2.05, 4.69) is 54.9 Å². The molecule has 0 amide bonds. The molecule has 20 heavy (non-hydrogen) atoms. The first-order valence-electron chi connectivity index (χ1n) is 6.72. The molecule has 0 aliphatic heterocycles. The van der Waals surface area contributed by atoms with E-state index in [-0.39, 0.29) is 0 Å². The molecule has 0 unspecified atom stereocenters. The molecule has 2 heteroatoms. The molecule has 0 fully saturated rings. The van der Waals surface area contributed by atoms with Crippen LogP contribution in [0, 0.1) is 25.2 Å². The van der Waals surface area contributed by atoms with Gasteiger partial charge in [-0.1, -0.05) is 29.3 Å². The van der Waals surface area contributed by atoms with Crippen LogP contribution in [-0.2, 0) is 6.54 Å². The lowest BCUT2D eigenvalue weighted by atomic mass is 10.1. The number of benzene rings is 2. The van der Waals surface area contributed by atoms with Crippen LogP contribution in [0.25, 0.3) is 10.9 Å². The highest BCUT2D eigenvalue weighted by Crippen LogP contribution is 2.19. The molecule has 3 rings (SSSR count). The van der Waals surface area contributed by atoms with E-state index >= 15 is 0 Å². The third kappa shape index (κ3) is 2.31. The average Bonchev–Trinajstić information content (AvgIpc) is 2.80. The van der Waals surface area contributed by atoms with Gasteiger partial charge in [0.1, 0.15) is 0 Å². The Morgan fingerprint density at radius 2 is 1.75 bits per heavy atom. The van der Waals surface area contributed by atoms with Crippen molar-refractivity contribution < 1.29 is 0 Å². The summed E-state index contributed by atoms with van der Waals surface area (Å²) in [4.78, 5) is 0. The van der Waals surface area contributed by atoms with Crippen molar-refractivity contribution in [2.24, 2.45) is 0 Å². The van der Waals surface area contributed by atoms with Gasteiger partial charge in [-0.15, -0.1) is 0 Å². The molecule has 0 N–H and O–H groups in total. The molecule has 0 bridgehead atoms. The Morgan fingerprint density at radius 1 is 1.00 bits per heavy atom. The molecule has 3 aromatic rings. The third-order valence-corrected chi connectivity index (χ3v) is 3.53. The van der Waals surface area contributed by atoms with Crippen LogP contribution in [0.15, 0.2) is 48.7 Å². The first kappa shape index (κ1) is 12.5. The Kier molecular flexibility index (Phi) is 3.04. The molecule has 0 aliphatic rings. The van der Waals surface area contributed by atoms with E-state index < -0.39 is 0 Å². The Balaban J connectivity index is 2.01. The second-order valence-electron chi connectivity index (χ2n) is 5.32. The minimum atomic E-state index is 0.710. The molecule has 0 saturated carbocycles. The zero-order valence-electron chi connectivity index (χ0n) is 11.7. The molecule has 0 spiro atoms. The van der Waals surface area contributed by atoms with Gasteiger partial charge in [0.05, 0.1) is 11.6 Å². The van der Waals surface area contributed by atoms with Gasteiger partial charge >= 0.3 is 0 Å². The lowest BCUT2D eigenvalue weighted by Gasteiger charge is -2.08. The lowest BCUT2D eigenvalue weighted by Crippen LogP contribution is -1.98. The van der Waals surface area contributed by atoms with Gasteiger partial charge in [-0.2, -0.15) is 5.26 Å². The number of aryl methyl sites for hydroxylation is 2. The van der Waals surface area contributed by atoms with Crippen LogP contribution < -0.4 is 0 Å². The van der Waals surface area contributed by atoms with Gasteiger partial charge in [0, 0.05) is 23.6 Å². The fourth-order valence-electron chi connectivity index (χ4n) is 2.76. The fourth-order valence-corrected chi connectivity index (χ4v) is 2.76. The molecule has 2 aromatic carbocycles. The van der Waals surface area contributed by atoms with Crippen LogP contribution in [-0.4, -0.2) is 4.57 Å². The predicted molar refractivity (Wildman–Crippen MR) is 81.7 cm³/mol. The van der Waals surface area contributed by atoms with Crippen molar-refractivity contribution in [1.29, 1.82) is 5.26 Å². The highest BCUT2D eigenvalue weighted by molar-refractivity contribution is 5.81. The summed E-state index contributed by atoms with van der Waals surface area (Å²) in [6.07, 6.45) is 2.09. The van der Waals surface area contributed by atoms with Crippen LogP contribution in [0.2, 0.25) is 0 Å². The molecule has 1 aromatic heterocycles. The third-order valence-electron chi connectivity index (χ3n) is 3.53. The van der Waals surface area contributed by atoms with Crippen LogP contribution in [0.5, 0.6) is 0 Å². The van der Waals surface area contributed by atoms with Crippen molar-refractivity contribution in [2.45, 2.75) is 20.4 Å². The maximum atomic E-state index is 8.94. The van der Waals surface area contributed by atoms with E-state index in [1.54, 1.807) is 0 Å². The number of aromatic nitrogens is 1. The maximum absolute atomic E-state index is 8.94. The number of hydrogen-bond donors (Lipinski definition) is 0. The molecule has 2 nitrogen and oxygen atoms in total. The molecule has 0 atom stereocenters. The van der Waals surface area contributed by atoms with Crippen molar-refractivity contribution >= 4 is 10.9 Å². The van der Waals surface area contributed by atoms with E-state index in [1.165, 1.54) is 22.2 Å². The SMILES string of the molecule is Cc1cc(C)cc(Cn2ccc3cc(C#N)ccc32)c1. The minimum Gasteiger partial charge on any atom is -0.343 e. The number of nitriles is 1. The summed E-state index contributed by atoms with van der Waals surface area (Å²) in [5, 5.41) is 10.1. The Hall–Kier alpha value is -2.53. The predicted octanol–water partition coefficient (Wildman–Crippen LogP) is 4.18. The fraction of sp³-hybridized carbons (Fsp3) is 0.167. The second-order valence-corrected chi connectivity index (χ2v) is 5.32.